The van der Waals surface area contributed by atoms with E-state index in [1.807, 2.05) is 60.8 Å². The van der Waals surface area contributed by atoms with E-state index in [-0.39, 0.29) is 17.5 Å². The van der Waals surface area contributed by atoms with Crippen LogP contribution in [-0.2, 0) is 4.79 Å². The smallest absolute Gasteiger partial charge is 0.262 e. The maximum absolute atomic E-state index is 12.9. The predicted molar refractivity (Wildman–Crippen MR) is 133 cm³/mol. The van der Waals surface area contributed by atoms with Crippen LogP contribution >= 0.6 is 0 Å². The summed E-state index contributed by atoms with van der Waals surface area (Å²) in [4.78, 5) is 12.9. The summed E-state index contributed by atoms with van der Waals surface area (Å²) in [6, 6.07) is 19.8. The Morgan fingerprint density at radius 3 is 2.71 bits per heavy atom. The third kappa shape index (κ3) is 5.74. The van der Waals surface area contributed by atoms with E-state index in [9.17, 15) is 10.1 Å². The van der Waals surface area contributed by atoms with Gasteiger partial charge in [-0.25, -0.2) is 4.68 Å². The number of carbonyl (C=O) groups excluding carboxylic acids is 1. The molecule has 34 heavy (non-hydrogen) atoms. The lowest BCUT2D eigenvalue weighted by molar-refractivity contribution is -0.117. The molecule has 3 aromatic rings. The first-order valence-electron chi connectivity index (χ1n) is 12.0. The second kappa shape index (κ2) is 11.3. The van der Waals surface area contributed by atoms with Crippen molar-refractivity contribution < 1.29 is 9.53 Å². The zero-order valence-corrected chi connectivity index (χ0v) is 19.5. The SMILES string of the molecule is CCCOc1cccc(-c2nn(-c3ccccc3)cc2/C=C(/C#N)C(=O)NC2CCCCC2)c1. The maximum atomic E-state index is 12.9. The molecule has 6 heteroatoms. The normalized spacial score (nSPS) is 14.4. The summed E-state index contributed by atoms with van der Waals surface area (Å²) in [6.45, 7) is 2.70. The molecule has 0 saturated heterocycles. The Kier molecular flexibility index (Phi) is 7.77. The average molecular weight is 455 g/mol. The number of ether oxygens (including phenoxy) is 1. The van der Waals surface area contributed by atoms with Crippen molar-refractivity contribution in [2.45, 2.75) is 51.5 Å². The number of carbonyl (C=O) groups is 1. The summed E-state index contributed by atoms with van der Waals surface area (Å²) >= 11 is 0. The van der Waals surface area contributed by atoms with Crippen LogP contribution in [0.2, 0.25) is 0 Å². The van der Waals surface area contributed by atoms with Gasteiger partial charge >= 0.3 is 0 Å². The number of rotatable bonds is 8. The van der Waals surface area contributed by atoms with Crippen molar-refractivity contribution in [3.05, 3.63) is 71.9 Å². The topological polar surface area (TPSA) is 79.9 Å². The number of para-hydroxylation sites is 1. The van der Waals surface area contributed by atoms with Crippen LogP contribution in [0.3, 0.4) is 0 Å². The lowest BCUT2D eigenvalue weighted by atomic mass is 9.95. The van der Waals surface area contributed by atoms with Gasteiger partial charge in [0.25, 0.3) is 5.91 Å². The zero-order valence-electron chi connectivity index (χ0n) is 19.5. The van der Waals surface area contributed by atoms with Crippen LogP contribution in [0, 0.1) is 11.3 Å². The molecule has 1 saturated carbocycles. The second-order valence-electron chi connectivity index (χ2n) is 8.57. The minimum Gasteiger partial charge on any atom is -0.494 e. The molecule has 1 aliphatic carbocycles. The Morgan fingerprint density at radius 2 is 1.97 bits per heavy atom. The van der Waals surface area contributed by atoms with Gasteiger partial charge in [0, 0.05) is 23.4 Å². The zero-order chi connectivity index (χ0) is 23.8. The molecule has 2 aromatic carbocycles. The summed E-state index contributed by atoms with van der Waals surface area (Å²) in [5.41, 5.74) is 3.22. The summed E-state index contributed by atoms with van der Waals surface area (Å²) in [5, 5.41) is 17.6. The first-order valence-corrected chi connectivity index (χ1v) is 12.0. The molecular formula is C28H30N4O2. The standard InChI is InChI=1S/C28H30N4O2/c1-2-16-34-26-15-9-10-21(18-26)27-23(20-32(31-27)25-13-7-4-8-14-25)17-22(19-29)28(33)30-24-11-5-3-6-12-24/h4,7-10,13-15,17-18,20,24H,2-3,5-6,11-12,16H2,1H3,(H,30,33)/b22-17-. The molecule has 1 aromatic heterocycles. The summed E-state index contributed by atoms with van der Waals surface area (Å²) in [5.74, 6) is 0.437. The van der Waals surface area contributed by atoms with Crippen molar-refractivity contribution in [2.24, 2.45) is 0 Å². The number of hydrogen-bond acceptors (Lipinski definition) is 4. The molecule has 1 amide bonds. The van der Waals surface area contributed by atoms with E-state index in [4.69, 9.17) is 9.84 Å². The van der Waals surface area contributed by atoms with Crippen molar-refractivity contribution >= 4 is 12.0 Å². The lowest BCUT2D eigenvalue weighted by Gasteiger charge is -2.22. The highest BCUT2D eigenvalue weighted by Crippen LogP contribution is 2.29. The van der Waals surface area contributed by atoms with Gasteiger partial charge in [-0.15, -0.1) is 0 Å². The number of aromatic nitrogens is 2. The third-order valence-corrected chi connectivity index (χ3v) is 5.95. The average Bonchev–Trinajstić information content (AvgIpc) is 3.31. The van der Waals surface area contributed by atoms with Gasteiger partial charge in [0.15, 0.2) is 0 Å². The Morgan fingerprint density at radius 1 is 1.18 bits per heavy atom. The Bertz CT molecular complexity index is 1180. The van der Waals surface area contributed by atoms with E-state index < -0.39 is 0 Å². The summed E-state index contributed by atoms with van der Waals surface area (Å²) < 4.78 is 7.58. The number of nitrogens with zero attached hydrogens (tertiary/aromatic N) is 3. The summed E-state index contributed by atoms with van der Waals surface area (Å²) in [6.07, 6.45) is 9.77. The first-order chi connectivity index (χ1) is 16.7. The summed E-state index contributed by atoms with van der Waals surface area (Å²) in [7, 11) is 0. The van der Waals surface area contributed by atoms with Gasteiger partial charge in [0.05, 0.1) is 12.3 Å². The van der Waals surface area contributed by atoms with Gasteiger partial charge in [-0.2, -0.15) is 10.4 Å². The van der Waals surface area contributed by atoms with Crippen molar-refractivity contribution in [1.82, 2.24) is 15.1 Å². The third-order valence-electron chi connectivity index (χ3n) is 5.95. The van der Waals surface area contributed by atoms with Gasteiger partial charge < -0.3 is 10.1 Å². The Hall–Kier alpha value is -3.85. The largest absolute Gasteiger partial charge is 0.494 e. The molecule has 1 aliphatic rings. The van der Waals surface area contributed by atoms with Crippen molar-refractivity contribution in [1.29, 1.82) is 5.26 Å². The number of hydrogen-bond donors (Lipinski definition) is 1. The highest BCUT2D eigenvalue weighted by molar-refractivity contribution is 6.02. The lowest BCUT2D eigenvalue weighted by Crippen LogP contribution is -2.36. The van der Waals surface area contributed by atoms with Crippen molar-refractivity contribution in [3.63, 3.8) is 0 Å². The van der Waals surface area contributed by atoms with Crippen LogP contribution in [0.25, 0.3) is 23.0 Å². The molecule has 4 rings (SSSR count). The van der Waals surface area contributed by atoms with Gasteiger partial charge in [0.2, 0.25) is 0 Å². The van der Waals surface area contributed by atoms with Crippen LogP contribution in [0.1, 0.15) is 51.0 Å². The van der Waals surface area contributed by atoms with E-state index in [0.29, 0.717) is 17.9 Å². The highest BCUT2D eigenvalue weighted by atomic mass is 16.5. The van der Waals surface area contributed by atoms with E-state index in [1.54, 1.807) is 10.8 Å². The molecule has 1 fully saturated rings. The minimum atomic E-state index is -0.326. The molecular weight excluding hydrogens is 424 g/mol. The number of nitriles is 1. The molecule has 0 spiro atoms. The second-order valence-corrected chi connectivity index (χ2v) is 8.57. The molecule has 1 heterocycles. The highest BCUT2D eigenvalue weighted by Gasteiger charge is 2.20. The van der Waals surface area contributed by atoms with Gasteiger partial charge in [-0.05, 0) is 49.6 Å². The van der Waals surface area contributed by atoms with Crippen molar-refractivity contribution in [3.8, 4) is 28.8 Å². The van der Waals surface area contributed by atoms with Crippen LogP contribution in [0.5, 0.6) is 5.75 Å². The van der Waals surface area contributed by atoms with E-state index in [0.717, 1.165) is 49.1 Å². The Balaban J connectivity index is 1.70. The molecule has 0 bridgehead atoms. The molecule has 174 valence electrons. The first kappa shape index (κ1) is 23.3. The van der Waals surface area contributed by atoms with Gasteiger partial charge in [-0.1, -0.05) is 56.5 Å². The van der Waals surface area contributed by atoms with Crippen molar-refractivity contribution in [2.75, 3.05) is 6.61 Å². The maximum Gasteiger partial charge on any atom is 0.262 e. The van der Waals surface area contributed by atoms with E-state index in [1.165, 1.54) is 6.42 Å². The van der Waals surface area contributed by atoms with E-state index >= 15 is 0 Å². The number of nitrogens with one attached hydrogen (secondary N) is 1. The number of amides is 1. The monoisotopic (exact) mass is 454 g/mol. The van der Waals surface area contributed by atoms with Crippen LogP contribution in [0.4, 0.5) is 0 Å². The van der Waals surface area contributed by atoms with Gasteiger partial charge in [-0.3, -0.25) is 4.79 Å². The fourth-order valence-corrected chi connectivity index (χ4v) is 4.20. The van der Waals surface area contributed by atoms with Crippen LogP contribution < -0.4 is 10.1 Å². The molecule has 0 aliphatic heterocycles. The molecule has 0 atom stereocenters. The molecule has 0 unspecified atom stereocenters. The van der Waals surface area contributed by atoms with Gasteiger partial charge in [0.1, 0.15) is 23.1 Å². The van der Waals surface area contributed by atoms with E-state index in [2.05, 4.69) is 18.3 Å². The fourth-order valence-electron chi connectivity index (χ4n) is 4.20. The molecule has 1 N–H and O–H groups in total. The predicted octanol–water partition coefficient (Wildman–Crippen LogP) is 5.68. The minimum absolute atomic E-state index is 0.0813. The molecule has 6 nitrogen and oxygen atoms in total. The quantitative estimate of drug-likeness (QED) is 0.351. The number of benzene rings is 2. The van der Waals surface area contributed by atoms with Crippen LogP contribution in [-0.4, -0.2) is 28.3 Å². The molecule has 0 radical (unpaired) electrons. The van der Waals surface area contributed by atoms with Crippen LogP contribution in [0.15, 0.2) is 66.4 Å². The fraction of sp³-hybridized carbons (Fsp3) is 0.321. The Labute approximate surface area is 200 Å².